The molecule has 1 heterocycles. The summed E-state index contributed by atoms with van der Waals surface area (Å²) in [7, 11) is 4.70. The minimum absolute atomic E-state index is 0.419. The van der Waals surface area contributed by atoms with E-state index < -0.39 is 6.03 Å². The number of amides is 2. The number of benzene rings is 2. The number of carbonyl (C=O) groups is 1. The van der Waals surface area contributed by atoms with E-state index in [9.17, 15) is 4.79 Å². The second kappa shape index (κ2) is 7.27. The molecule has 0 saturated carbocycles. The van der Waals surface area contributed by atoms with Crippen LogP contribution in [0.25, 0.3) is 10.2 Å². The van der Waals surface area contributed by atoms with Crippen LogP contribution < -0.4 is 24.8 Å². The molecule has 0 unspecified atom stereocenters. The fourth-order valence-corrected chi connectivity index (χ4v) is 3.14. The van der Waals surface area contributed by atoms with Gasteiger partial charge in [0.15, 0.2) is 5.13 Å². The third-order valence-electron chi connectivity index (χ3n) is 3.47. The Morgan fingerprint density at radius 1 is 0.960 bits per heavy atom. The predicted molar refractivity (Wildman–Crippen MR) is 98.4 cm³/mol. The lowest BCUT2D eigenvalue weighted by atomic mass is 10.2. The van der Waals surface area contributed by atoms with Gasteiger partial charge in [-0.05, 0) is 30.3 Å². The third kappa shape index (κ3) is 3.74. The van der Waals surface area contributed by atoms with E-state index in [0.717, 1.165) is 16.0 Å². The summed E-state index contributed by atoms with van der Waals surface area (Å²) < 4.78 is 16.5. The maximum atomic E-state index is 12.3. The van der Waals surface area contributed by atoms with Crippen LogP contribution in [0, 0.1) is 0 Å². The average molecular weight is 359 g/mol. The highest BCUT2D eigenvalue weighted by atomic mass is 32.1. The molecule has 2 N–H and O–H groups in total. The minimum Gasteiger partial charge on any atom is -0.497 e. The molecule has 0 aliphatic carbocycles. The summed E-state index contributed by atoms with van der Waals surface area (Å²) in [6.45, 7) is 0. The molecule has 130 valence electrons. The summed E-state index contributed by atoms with van der Waals surface area (Å²) >= 11 is 1.36. The number of ether oxygens (including phenoxy) is 3. The SMILES string of the molecule is COc1ccc(OC)c(NC(=O)Nc2nc3ccc(OC)cc3s2)c1. The predicted octanol–water partition coefficient (Wildman–Crippen LogP) is 3.97. The number of aromatic nitrogens is 1. The monoisotopic (exact) mass is 359 g/mol. The quantitative estimate of drug-likeness (QED) is 0.720. The van der Waals surface area contributed by atoms with E-state index in [2.05, 4.69) is 15.6 Å². The van der Waals surface area contributed by atoms with Gasteiger partial charge in [0.2, 0.25) is 0 Å². The molecule has 0 radical (unpaired) electrons. The van der Waals surface area contributed by atoms with Crippen LogP contribution in [0.3, 0.4) is 0 Å². The van der Waals surface area contributed by atoms with E-state index in [4.69, 9.17) is 14.2 Å². The van der Waals surface area contributed by atoms with E-state index in [1.807, 2.05) is 18.2 Å². The number of nitrogens with zero attached hydrogens (tertiary/aromatic N) is 1. The zero-order chi connectivity index (χ0) is 17.8. The van der Waals surface area contributed by atoms with Crippen molar-refractivity contribution >= 4 is 38.4 Å². The number of fused-ring (bicyclic) bond motifs is 1. The fourth-order valence-electron chi connectivity index (χ4n) is 2.25. The highest BCUT2D eigenvalue weighted by Gasteiger charge is 2.12. The van der Waals surface area contributed by atoms with E-state index in [-0.39, 0.29) is 0 Å². The van der Waals surface area contributed by atoms with Gasteiger partial charge in [-0.3, -0.25) is 5.32 Å². The summed E-state index contributed by atoms with van der Waals surface area (Å²) in [5.74, 6) is 1.89. The topological polar surface area (TPSA) is 81.7 Å². The van der Waals surface area contributed by atoms with Gasteiger partial charge >= 0.3 is 6.03 Å². The van der Waals surface area contributed by atoms with Gasteiger partial charge in [0.05, 0.1) is 37.2 Å². The molecular formula is C17H17N3O4S. The second-order valence-electron chi connectivity index (χ2n) is 5.00. The Bertz CT molecular complexity index is 910. The second-order valence-corrected chi connectivity index (χ2v) is 6.03. The molecule has 0 saturated heterocycles. The number of carbonyl (C=O) groups excluding carboxylic acids is 1. The molecule has 1 aromatic heterocycles. The largest absolute Gasteiger partial charge is 0.497 e. The average Bonchev–Trinajstić information content (AvgIpc) is 3.02. The number of thiazole rings is 1. The first-order valence-corrected chi connectivity index (χ1v) is 8.19. The van der Waals surface area contributed by atoms with Gasteiger partial charge in [0, 0.05) is 6.07 Å². The first kappa shape index (κ1) is 16.8. The van der Waals surface area contributed by atoms with Gasteiger partial charge in [0.1, 0.15) is 17.2 Å². The molecule has 2 aromatic carbocycles. The van der Waals surface area contributed by atoms with E-state index in [0.29, 0.717) is 22.3 Å². The Kier molecular flexibility index (Phi) is 4.90. The van der Waals surface area contributed by atoms with Gasteiger partial charge in [-0.25, -0.2) is 9.78 Å². The lowest BCUT2D eigenvalue weighted by Crippen LogP contribution is -2.19. The summed E-state index contributed by atoms with van der Waals surface area (Å²) in [6, 6.07) is 10.3. The van der Waals surface area contributed by atoms with Crippen LogP contribution in [0.5, 0.6) is 17.2 Å². The molecule has 0 atom stereocenters. The summed E-state index contributed by atoms with van der Waals surface area (Å²) in [4.78, 5) is 16.7. The Balaban J connectivity index is 1.76. The molecule has 0 fully saturated rings. The van der Waals surface area contributed by atoms with E-state index in [1.54, 1.807) is 32.4 Å². The van der Waals surface area contributed by atoms with Crippen molar-refractivity contribution in [1.29, 1.82) is 0 Å². The van der Waals surface area contributed by atoms with Crippen LogP contribution in [0.2, 0.25) is 0 Å². The molecule has 0 aliphatic heterocycles. The van der Waals surface area contributed by atoms with Crippen LogP contribution >= 0.6 is 11.3 Å². The van der Waals surface area contributed by atoms with Gasteiger partial charge in [-0.15, -0.1) is 0 Å². The zero-order valence-corrected chi connectivity index (χ0v) is 14.8. The van der Waals surface area contributed by atoms with Crippen molar-refractivity contribution in [3.05, 3.63) is 36.4 Å². The molecule has 0 spiro atoms. The Morgan fingerprint density at radius 3 is 2.40 bits per heavy atom. The van der Waals surface area contributed by atoms with Crippen molar-refractivity contribution in [3.63, 3.8) is 0 Å². The van der Waals surface area contributed by atoms with Crippen LogP contribution in [0.1, 0.15) is 0 Å². The molecular weight excluding hydrogens is 342 g/mol. The van der Waals surface area contributed by atoms with Crippen molar-refractivity contribution in [2.24, 2.45) is 0 Å². The number of anilines is 2. The van der Waals surface area contributed by atoms with Gasteiger partial charge in [0.25, 0.3) is 0 Å². The highest BCUT2D eigenvalue weighted by Crippen LogP contribution is 2.31. The molecule has 7 nitrogen and oxygen atoms in total. The van der Waals surface area contributed by atoms with E-state index in [1.165, 1.54) is 18.4 Å². The molecule has 0 bridgehead atoms. The van der Waals surface area contributed by atoms with Crippen LogP contribution in [0.4, 0.5) is 15.6 Å². The highest BCUT2D eigenvalue weighted by molar-refractivity contribution is 7.22. The van der Waals surface area contributed by atoms with Crippen molar-refractivity contribution in [2.45, 2.75) is 0 Å². The normalized spacial score (nSPS) is 10.4. The van der Waals surface area contributed by atoms with Crippen molar-refractivity contribution in [2.75, 3.05) is 32.0 Å². The lowest BCUT2D eigenvalue weighted by molar-refractivity contribution is 0.262. The van der Waals surface area contributed by atoms with Gasteiger partial charge < -0.3 is 19.5 Å². The lowest BCUT2D eigenvalue weighted by Gasteiger charge is -2.11. The molecule has 3 aromatic rings. The number of hydrogen-bond donors (Lipinski definition) is 2. The maximum Gasteiger partial charge on any atom is 0.325 e. The number of rotatable bonds is 5. The van der Waals surface area contributed by atoms with Crippen LogP contribution in [-0.2, 0) is 0 Å². The van der Waals surface area contributed by atoms with Crippen molar-refractivity contribution in [3.8, 4) is 17.2 Å². The standard InChI is InChI=1S/C17H17N3O4S/c1-22-10-5-7-14(24-3)13(8-10)18-16(21)20-17-19-12-6-4-11(23-2)9-15(12)25-17/h4-9H,1-3H3,(H2,18,19,20,21). The first-order chi connectivity index (χ1) is 12.1. The number of urea groups is 1. The molecule has 8 heteroatoms. The summed E-state index contributed by atoms with van der Waals surface area (Å²) in [5.41, 5.74) is 1.29. The number of hydrogen-bond acceptors (Lipinski definition) is 6. The zero-order valence-electron chi connectivity index (χ0n) is 14.0. The van der Waals surface area contributed by atoms with Crippen LogP contribution in [0.15, 0.2) is 36.4 Å². The Morgan fingerprint density at radius 2 is 1.68 bits per heavy atom. The minimum atomic E-state index is -0.419. The molecule has 0 aliphatic rings. The number of nitrogens with one attached hydrogen (secondary N) is 2. The molecule has 25 heavy (non-hydrogen) atoms. The van der Waals surface area contributed by atoms with Gasteiger partial charge in [-0.1, -0.05) is 11.3 Å². The Labute approximate surface area is 148 Å². The summed E-state index contributed by atoms with van der Waals surface area (Å²) in [6.07, 6.45) is 0. The Hall–Kier alpha value is -3.00. The smallest absolute Gasteiger partial charge is 0.325 e. The van der Waals surface area contributed by atoms with Crippen molar-refractivity contribution < 1.29 is 19.0 Å². The molecule has 3 rings (SSSR count). The maximum absolute atomic E-state index is 12.3. The summed E-state index contributed by atoms with van der Waals surface area (Å²) in [5, 5.41) is 5.95. The van der Waals surface area contributed by atoms with E-state index >= 15 is 0 Å². The van der Waals surface area contributed by atoms with Crippen LogP contribution in [-0.4, -0.2) is 32.3 Å². The fraction of sp³-hybridized carbons (Fsp3) is 0.176. The van der Waals surface area contributed by atoms with Gasteiger partial charge in [-0.2, -0.15) is 0 Å². The van der Waals surface area contributed by atoms with Crippen molar-refractivity contribution in [1.82, 2.24) is 4.98 Å². The first-order valence-electron chi connectivity index (χ1n) is 7.37. The molecule has 2 amide bonds. The number of methoxy groups -OCH3 is 3. The third-order valence-corrected chi connectivity index (χ3v) is 4.40.